The minimum Gasteiger partial charge on any atom is -0.435 e. The van der Waals surface area contributed by atoms with Gasteiger partial charge in [0.05, 0.1) is 0 Å². The first kappa shape index (κ1) is 13.0. The number of aliphatic hydroxyl groups excluding tert-OH is 1. The molecule has 1 unspecified atom stereocenters. The standard InChI is InChI=1S/C13H12F2O2S/c1-8-11(6-7-18-8)12(16)9-2-4-10(5-3-9)17-13(14)15/h2-7,12-13,16H,1H3. The number of hydrogen-bond acceptors (Lipinski definition) is 3. The maximum atomic E-state index is 12.0. The van der Waals surface area contributed by atoms with Crippen molar-refractivity contribution in [2.24, 2.45) is 0 Å². The van der Waals surface area contributed by atoms with Crippen molar-refractivity contribution in [2.75, 3.05) is 0 Å². The highest BCUT2D eigenvalue weighted by molar-refractivity contribution is 7.10. The monoisotopic (exact) mass is 270 g/mol. The van der Waals surface area contributed by atoms with Crippen molar-refractivity contribution in [2.45, 2.75) is 19.6 Å². The third kappa shape index (κ3) is 2.86. The molecule has 0 spiro atoms. The van der Waals surface area contributed by atoms with E-state index in [2.05, 4.69) is 4.74 Å². The van der Waals surface area contributed by atoms with Crippen molar-refractivity contribution in [3.05, 3.63) is 51.7 Å². The number of aliphatic hydroxyl groups is 1. The van der Waals surface area contributed by atoms with Gasteiger partial charge < -0.3 is 9.84 Å². The van der Waals surface area contributed by atoms with Crippen LogP contribution in [0, 0.1) is 6.92 Å². The molecule has 0 aliphatic carbocycles. The van der Waals surface area contributed by atoms with Crippen molar-refractivity contribution in [3.8, 4) is 5.75 Å². The SMILES string of the molecule is Cc1sccc1C(O)c1ccc(OC(F)F)cc1. The van der Waals surface area contributed by atoms with Crippen LogP contribution in [0.4, 0.5) is 8.78 Å². The molecule has 5 heteroatoms. The Kier molecular flexibility index (Phi) is 3.93. The Morgan fingerprint density at radius 2 is 1.83 bits per heavy atom. The molecule has 2 aromatic rings. The molecule has 2 rings (SSSR count). The predicted octanol–water partition coefficient (Wildman–Crippen LogP) is 3.74. The van der Waals surface area contributed by atoms with Crippen molar-refractivity contribution in [1.82, 2.24) is 0 Å². The van der Waals surface area contributed by atoms with Crippen LogP contribution < -0.4 is 4.74 Å². The number of ether oxygens (including phenoxy) is 1. The molecule has 1 aromatic heterocycles. The van der Waals surface area contributed by atoms with Gasteiger partial charge in [0.1, 0.15) is 11.9 Å². The van der Waals surface area contributed by atoms with Crippen LogP contribution >= 0.6 is 11.3 Å². The van der Waals surface area contributed by atoms with E-state index >= 15 is 0 Å². The summed E-state index contributed by atoms with van der Waals surface area (Å²) in [6.45, 7) is -0.905. The summed E-state index contributed by atoms with van der Waals surface area (Å²) >= 11 is 1.56. The molecule has 0 saturated heterocycles. The summed E-state index contributed by atoms with van der Waals surface area (Å²) in [7, 11) is 0. The van der Waals surface area contributed by atoms with Crippen LogP contribution in [0.1, 0.15) is 22.1 Å². The van der Waals surface area contributed by atoms with Crippen LogP contribution in [0.25, 0.3) is 0 Å². The Balaban J connectivity index is 2.17. The number of halogens is 2. The average molecular weight is 270 g/mol. The fourth-order valence-electron chi connectivity index (χ4n) is 1.69. The summed E-state index contributed by atoms with van der Waals surface area (Å²) < 4.78 is 28.2. The number of alkyl halides is 2. The van der Waals surface area contributed by atoms with E-state index in [9.17, 15) is 13.9 Å². The van der Waals surface area contributed by atoms with Crippen molar-refractivity contribution in [3.63, 3.8) is 0 Å². The minimum absolute atomic E-state index is 0.0861. The fraction of sp³-hybridized carbons (Fsp3) is 0.231. The van der Waals surface area contributed by atoms with Crippen LogP contribution in [0.2, 0.25) is 0 Å². The molecule has 0 aliphatic heterocycles. The summed E-state index contributed by atoms with van der Waals surface area (Å²) in [5, 5.41) is 12.1. The highest BCUT2D eigenvalue weighted by Crippen LogP contribution is 2.29. The van der Waals surface area contributed by atoms with E-state index in [0.717, 1.165) is 10.4 Å². The van der Waals surface area contributed by atoms with Crippen molar-refractivity contribution in [1.29, 1.82) is 0 Å². The Morgan fingerprint density at radius 1 is 1.17 bits per heavy atom. The van der Waals surface area contributed by atoms with Crippen LogP contribution in [0.15, 0.2) is 35.7 Å². The maximum absolute atomic E-state index is 12.0. The number of aryl methyl sites for hydroxylation is 1. The Morgan fingerprint density at radius 3 is 2.33 bits per heavy atom. The van der Waals surface area contributed by atoms with E-state index in [1.807, 2.05) is 18.4 Å². The lowest BCUT2D eigenvalue weighted by atomic mass is 10.0. The minimum atomic E-state index is -2.83. The Bertz CT molecular complexity index is 508. The first-order valence-electron chi connectivity index (χ1n) is 5.35. The van der Waals surface area contributed by atoms with E-state index in [4.69, 9.17) is 0 Å². The number of rotatable bonds is 4. The molecule has 0 bridgehead atoms. The molecule has 96 valence electrons. The molecule has 1 aromatic carbocycles. The van der Waals surface area contributed by atoms with Gasteiger partial charge in [0.2, 0.25) is 0 Å². The first-order valence-corrected chi connectivity index (χ1v) is 6.22. The van der Waals surface area contributed by atoms with Gasteiger partial charge in [-0.25, -0.2) is 0 Å². The van der Waals surface area contributed by atoms with Crippen molar-refractivity contribution >= 4 is 11.3 Å². The molecule has 0 radical (unpaired) electrons. The summed E-state index contributed by atoms with van der Waals surface area (Å²) in [6, 6.07) is 7.87. The van der Waals surface area contributed by atoms with Crippen LogP contribution in [-0.2, 0) is 0 Å². The molecule has 1 atom stereocenters. The Hall–Kier alpha value is -1.46. The van der Waals surface area contributed by atoms with Gasteiger partial charge >= 0.3 is 6.61 Å². The lowest BCUT2D eigenvalue weighted by Crippen LogP contribution is -2.03. The predicted molar refractivity (Wildman–Crippen MR) is 66.2 cm³/mol. The van der Waals surface area contributed by atoms with Crippen LogP contribution in [0.5, 0.6) is 5.75 Å². The second-order valence-electron chi connectivity index (χ2n) is 3.78. The molecule has 0 saturated carbocycles. The highest BCUT2D eigenvalue weighted by Gasteiger charge is 2.14. The van der Waals surface area contributed by atoms with E-state index < -0.39 is 12.7 Å². The normalized spacial score (nSPS) is 12.7. The molecule has 0 amide bonds. The fourth-order valence-corrected chi connectivity index (χ4v) is 2.42. The van der Waals surface area contributed by atoms with Gasteiger partial charge in [-0.15, -0.1) is 11.3 Å². The average Bonchev–Trinajstić information content (AvgIpc) is 2.75. The van der Waals surface area contributed by atoms with Gasteiger partial charge in [-0.2, -0.15) is 8.78 Å². The van der Waals surface area contributed by atoms with E-state index in [0.29, 0.717) is 5.56 Å². The van der Waals surface area contributed by atoms with Crippen LogP contribution in [0.3, 0.4) is 0 Å². The van der Waals surface area contributed by atoms with E-state index in [1.165, 1.54) is 12.1 Å². The second-order valence-corrected chi connectivity index (χ2v) is 4.90. The van der Waals surface area contributed by atoms with Crippen molar-refractivity contribution < 1.29 is 18.6 Å². The summed E-state index contributed by atoms with van der Waals surface area (Å²) in [5.41, 5.74) is 1.49. The summed E-state index contributed by atoms with van der Waals surface area (Å²) in [6.07, 6.45) is -0.739. The second kappa shape index (κ2) is 5.46. The molecular formula is C13H12F2O2S. The smallest absolute Gasteiger partial charge is 0.387 e. The van der Waals surface area contributed by atoms with Gasteiger partial charge in [-0.05, 0) is 41.6 Å². The molecule has 18 heavy (non-hydrogen) atoms. The number of hydrogen-bond donors (Lipinski definition) is 1. The molecule has 1 N–H and O–H groups in total. The van der Waals surface area contributed by atoms with Gasteiger partial charge in [0.25, 0.3) is 0 Å². The zero-order valence-electron chi connectivity index (χ0n) is 9.64. The third-order valence-corrected chi connectivity index (χ3v) is 3.48. The van der Waals surface area contributed by atoms with Gasteiger partial charge in [-0.1, -0.05) is 12.1 Å². The lowest BCUT2D eigenvalue weighted by molar-refractivity contribution is -0.0498. The van der Waals surface area contributed by atoms with E-state index in [1.54, 1.807) is 23.5 Å². The molecule has 0 fully saturated rings. The van der Waals surface area contributed by atoms with Gasteiger partial charge in [0, 0.05) is 4.88 Å². The highest BCUT2D eigenvalue weighted by atomic mass is 32.1. The molecule has 0 aliphatic rings. The largest absolute Gasteiger partial charge is 0.435 e. The molecule has 1 heterocycles. The zero-order valence-corrected chi connectivity index (χ0v) is 10.5. The quantitative estimate of drug-likeness (QED) is 0.917. The first-order chi connectivity index (χ1) is 8.58. The zero-order chi connectivity index (χ0) is 13.1. The van der Waals surface area contributed by atoms with Gasteiger partial charge in [-0.3, -0.25) is 0 Å². The number of benzene rings is 1. The Labute approximate surface area is 107 Å². The molecular weight excluding hydrogens is 258 g/mol. The topological polar surface area (TPSA) is 29.5 Å². The number of thiophene rings is 1. The lowest BCUT2D eigenvalue weighted by Gasteiger charge is -2.12. The summed E-state index contributed by atoms with van der Waals surface area (Å²) in [4.78, 5) is 1.04. The summed E-state index contributed by atoms with van der Waals surface area (Å²) in [5.74, 6) is 0.0861. The third-order valence-electron chi connectivity index (χ3n) is 2.61. The molecule has 2 nitrogen and oxygen atoms in total. The van der Waals surface area contributed by atoms with E-state index in [-0.39, 0.29) is 5.75 Å². The maximum Gasteiger partial charge on any atom is 0.387 e. The van der Waals surface area contributed by atoms with Crippen LogP contribution in [-0.4, -0.2) is 11.7 Å². The van der Waals surface area contributed by atoms with Gasteiger partial charge in [0.15, 0.2) is 0 Å².